The van der Waals surface area contributed by atoms with Crippen molar-refractivity contribution in [3.63, 3.8) is 0 Å². The van der Waals surface area contributed by atoms with E-state index in [2.05, 4.69) is 15.4 Å². The Labute approximate surface area is 255 Å². The topological polar surface area (TPSA) is 142 Å². The average Bonchev–Trinajstić information content (AvgIpc) is 3.96. The Morgan fingerprint density at radius 3 is 2.53 bits per heavy atom. The molecule has 2 aliphatic carbocycles. The van der Waals surface area contributed by atoms with Crippen LogP contribution in [0.15, 0.2) is 36.5 Å². The molecule has 2 saturated carbocycles. The number of pyridine rings is 1. The Kier molecular flexibility index (Phi) is 6.59. The van der Waals surface area contributed by atoms with Crippen LogP contribution in [0.2, 0.25) is 0 Å². The summed E-state index contributed by atoms with van der Waals surface area (Å²) in [7, 11) is 1.49. The van der Waals surface area contributed by atoms with Crippen molar-refractivity contribution in [2.45, 2.75) is 49.7 Å². The maximum absolute atomic E-state index is 15.1. The highest BCUT2D eigenvalue weighted by atomic mass is 19.2. The van der Waals surface area contributed by atoms with E-state index < -0.39 is 45.8 Å². The molecule has 7 rings (SSSR count). The van der Waals surface area contributed by atoms with Crippen LogP contribution in [0.1, 0.15) is 60.3 Å². The van der Waals surface area contributed by atoms with Gasteiger partial charge in [0, 0.05) is 34.3 Å². The summed E-state index contributed by atoms with van der Waals surface area (Å²) in [6, 6.07) is 6.10. The number of nitrogens with two attached hydrogens (primary N) is 1. The van der Waals surface area contributed by atoms with Gasteiger partial charge in [0.25, 0.3) is 5.91 Å². The van der Waals surface area contributed by atoms with E-state index >= 15 is 4.39 Å². The highest BCUT2D eigenvalue weighted by Crippen LogP contribution is 2.50. The number of nitrogens with one attached hydrogen (secondary N) is 1. The second-order valence-corrected chi connectivity index (χ2v) is 12.3. The van der Waals surface area contributed by atoms with Crippen molar-refractivity contribution in [1.82, 2.24) is 20.1 Å². The van der Waals surface area contributed by atoms with Crippen LogP contribution in [0, 0.1) is 23.4 Å². The molecule has 45 heavy (non-hydrogen) atoms. The molecule has 2 fully saturated rings. The zero-order valence-electron chi connectivity index (χ0n) is 24.5. The van der Waals surface area contributed by atoms with Crippen LogP contribution in [-0.4, -0.2) is 51.9 Å². The second kappa shape index (κ2) is 10.2. The number of primary amides is 1. The molecule has 1 unspecified atom stereocenters. The van der Waals surface area contributed by atoms with Crippen LogP contribution in [0.3, 0.4) is 0 Å². The Bertz CT molecular complexity index is 1910. The van der Waals surface area contributed by atoms with Gasteiger partial charge in [0.15, 0.2) is 11.6 Å². The quantitative estimate of drug-likeness (QED) is 0.240. The number of amides is 2. The van der Waals surface area contributed by atoms with Gasteiger partial charge in [-0.25, -0.2) is 18.2 Å². The standard InChI is InChI=1S/C32H30F3N5O5/c1-31(30(36)42)14-45-28-20(31)10-25(38-27(28)19-9-22(34)23(35)11-21(19)33)32(43,17-3-4-17)13-37-29(41)15-7-16-12-40(18-5-6-18)39-26(16)24(8-15)44-2/h7-12,17-18,43H,3-6,13-14H2,1-2H3,(H2,36,42)(H,37,41)/t31-,32?/m0/s1. The molecule has 2 aromatic carbocycles. The van der Waals surface area contributed by atoms with Crippen molar-refractivity contribution in [1.29, 1.82) is 0 Å². The number of benzene rings is 2. The van der Waals surface area contributed by atoms with E-state index in [0.29, 0.717) is 42.3 Å². The molecule has 0 saturated heterocycles. The maximum Gasteiger partial charge on any atom is 0.251 e. The third-order valence-electron chi connectivity index (χ3n) is 9.09. The van der Waals surface area contributed by atoms with Crippen LogP contribution in [0.25, 0.3) is 22.2 Å². The van der Waals surface area contributed by atoms with E-state index in [1.807, 2.05) is 10.9 Å². The van der Waals surface area contributed by atoms with Gasteiger partial charge in [-0.2, -0.15) is 5.10 Å². The number of methoxy groups -OCH3 is 1. The number of carbonyl (C=O) groups excluding carboxylic acids is 2. The Morgan fingerprint density at radius 1 is 1.13 bits per heavy atom. The van der Waals surface area contributed by atoms with Gasteiger partial charge < -0.3 is 25.6 Å². The number of ether oxygens (including phenoxy) is 2. The summed E-state index contributed by atoms with van der Waals surface area (Å²) in [6.45, 7) is 1.03. The van der Waals surface area contributed by atoms with Crippen molar-refractivity contribution >= 4 is 22.7 Å². The SMILES string of the molecule is COc1cc(C(=O)NCC(O)(c2cc3c(c(-c4cc(F)c(F)cc4F)n2)OC[C@]3(C)C(N)=O)C2CC2)cc2cn(C3CC3)nc12. The van der Waals surface area contributed by atoms with Crippen molar-refractivity contribution in [3.8, 4) is 22.8 Å². The smallest absolute Gasteiger partial charge is 0.251 e. The molecule has 2 amide bonds. The van der Waals surface area contributed by atoms with Gasteiger partial charge in [-0.15, -0.1) is 0 Å². The summed E-state index contributed by atoms with van der Waals surface area (Å²) in [5, 5.41) is 20.3. The third-order valence-corrected chi connectivity index (χ3v) is 9.09. The summed E-state index contributed by atoms with van der Waals surface area (Å²) in [5.41, 5.74) is 3.05. The Balaban J connectivity index is 1.27. The molecule has 0 bridgehead atoms. The van der Waals surface area contributed by atoms with Crippen molar-refractivity contribution < 1.29 is 37.3 Å². The molecule has 1 aliphatic heterocycles. The van der Waals surface area contributed by atoms with Gasteiger partial charge in [0.2, 0.25) is 5.91 Å². The Morgan fingerprint density at radius 2 is 1.87 bits per heavy atom. The Hall–Kier alpha value is -4.65. The molecule has 3 aliphatic rings. The van der Waals surface area contributed by atoms with Gasteiger partial charge in [0.1, 0.15) is 46.1 Å². The zero-order valence-corrected chi connectivity index (χ0v) is 24.5. The predicted molar refractivity (Wildman–Crippen MR) is 155 cm³/mol. The maximum atomic E-state index is 15.1. The van der Waals surface area contributed by atoms with Gasteiger partial charge in [-0.05, 0) is 62.8 Å². The lowest BCUT2D eigenvalue weighted by Crippen LogP contribution is -2.44. The van der Waals surface area contributed by atoms with E-state index in [0.717, 1.165) is 18.2 Å². The molecule has 13 heteroatoms. The summed E-state index contributed by atoms with van der Waals surface area (Å²) >= 11 is 0. The summed E-state index contributed by atoms with van der Waals surface area (Å²) in [4.78, 5) is 30.6. The predicted octanol–water partition coefficient (Wildman–Crippen LogP) is 4.02. The molecule has 0 radical (unpaired) electrons. The van der Waals surface area contributed by atoms with E-state index in [9.17, 15) is 23.5 Å². The first-order chi connectivity index (χ1) is 21.4. The summed E-state index contributed by atoms with van der Waals surface area (Å²) < 4.78 is 56.3. The van der Waals surface area contributed by atoms with Crippen molar-refractivity contribution in [3.05, 3.63) is 70.8 Å². The van der Waals surface area contributed by atoms with Gasteiger partial charge >= 0.3 is 0 Å². The molecule has 0 spiro atoms. The number of carbonyl (C=O) groups is 2. The highest BCUT2D eigenvalue weighted by Gasteiger charge is 2.50. The third kappa shape index (κ3) is 4.76. The normalized spacial score (nSPS) is 20.4. The zero-order chi connectivity index (χ0) is 31.8. The fourth-order valence-corrected chi connectivity index (χ4v) is 5.95. The van der Waals surface area contributed by atoms with Gasteiger partial charge in [-0.3, -0.25) is 14.3 Å². The number of rotatable bonds is 9. The van der Waals surface area contributed by atoms with Crippen LogP contribution < -0.4 is 20.5 Å². The fourth-order valence-electron chi connectivity index (χ4n) is 5.95. The number of hydrogen-bond donors (Lipinski definition) is 3. The first-order valence-electron chi connectivity index (χ1n) is 14.6. The number of hydrogen-bond acceptors (Lipinski definition) is 7. The minimum absolute atomic E-state index is 0.0000920. The molecule has 2 atom stereocenters. The first kappa shape index (κ1) is 29.1. The van der Waals surface area contributed by atoms with E-state index in [1.54, 1.807) is 12.1 Å². The lowest BCUT2D eigenvalue weighted by atomic mass is 9.81. The van der Waals surface area contributed by atoms with Crippen LogP contribution in [0.5, 0.6) is 11.5 Å². The average molecular weight is 622 g/mol. The number of halogens is 3. The van der Waals surface area contributed by atoms with Crippen molar-refractivity contribution in [2.75, 3.05) is 20.3 Å². The second-order valence-electron chi connectivity index (χ2n) is 12.3. The molecule has 3 heterocycles. The first-order valence-corrected chi connectivity index (χ1v) is 14.6. The molecule has 4 aromatic rings. The van der Waals surface area contributed by atoms with Crippen LogP contribution in [0.4, 0.5) is 13.2 Å². The number of nitrogens with zero attached hydrogens (tertiary/aromatic N) is 3. The molecular weight excluding hydrogens is 591 g/mol. The fraction of sp³-hybridized carbons (Fsp3) is 0.375. The minimum atomic E-state index is -1.78. The number of aromatic nitrogens is 3. The molecule has 2 aromatic heterocycles. The minimum Gasteiger partial charge on any atom is -0.494 e. The van der Waals surface area contributed by atoms with Crippen molar-refractivity contribution in [2.24, 2.45) is 11.7 Å². The number of aliphatic hydroxyl groups is 1. The van der Waals surface area contributed by atoms with E-state index in [-0.39, 0.29) is 47.3 Å². The largest absolute Gasteiger partial charge is 0.494 e. The molecule has 4 N–H and O–H groups in total. The van der Waals surface area contributed by atoms with E-state index in [1.165, 1.54) is 20.1 Å². The van der Waals surface area contributed by atoms with Gasteiger partial charge in [-0.1, -0.05) is 0 Å². The summed E-state index contributed by atoms with van der Waals surface area (Å²) in [6.07, 6.45) is 5.15. The monoisotopic (exact) mass is 621 g/mol. The van der Waals surface area contributed by atoms with E-state index in [4.69, 9.17) is 15.2 Å². The van der Waals surface area contributed by atoms with Gasteiger partial charge in [0.05, 0.1) is 25.4 Å². The molecule has 234 valence electrons. The lowest BCUT2D eigenvalue weighted by molar-refractivity contribution is -0.123. The lowest BCUT2D eigenvalue weighted by Gasteiger charge is -2.30. The molecular formula is C32H30F3N5O5. The van der Waals surface area contributed by atoms with Crippen LogP contribution in [-0.2, 0) is 15.8 Å². The molecule has 10 nitrogen and oxygen atoms in total. The summed E-state index contributed by atoms with van der Waals surface area (Å²) in [5.74, 6) is -5.00. The van der Waals surface area contributed by atoms with Crippen LogP contribution >= 0.6 is 0 Å². The highest BCUT2D eigenvalue weighted by molar-refractivity contribution is 6.00. The number of fused-ring (bicyclic) bond motifs is 2.